The summed E-state index contributed by atoms with van der Waals surface area (Å²) in [6, 6.07) is 3.47. The molecule has 98 valence electrons. The molecule has 0 radical (unpaired) electrons. The highest BCUT2D eigenvalue weighted by Crippen LogP contribution is 2.29. The summed E-state index contributed by atoms with van der Waals surface area (Å²) in [6.45, 7) is 5.26. The van der Waals surface area contributed by atoms with Crippen LogP contribution in [0, 0.1) is 6.92 Å². The number of rotatable bonds is 4. The van der Waals surface area contributed by atoms with Gasteiger partial charge in [0.15, 0.2) is 5.78 Å². The molecule has 0 aromatic heterocycles. The van der Waals surface area contributed by atoms with Gasteiger partial charge in [0, 0.05) is 5.02 Å². The SMILES string of the molecule is CCOc1cc(C)c(Cl)cc1C(=O)C1CCCN1. The number of halogens is 1. The quantitative estimate of drug-likeness (QED) is 0.853. The van der Waals surface area contributed by atoms with Crippen LogP contribution in [0.15, 0.2) is 12.1 Å². The fraction of sp³-hybridized carbons (Fsp3) is 0.500. The van der Waals surface area contributed by atoms with E-state index in [9.17, 15) is 4.79 Å². The molecule has 1 heterocycles. The molecule has 3 nitrogen and oxygen atoms in total. The number of benzene rings is 1. The van der Waals surface area contributed by atoms with Crippen molar-refractivity contribution in [3.8, 4) is 5.75 Å². The highest BCUT2D eigenvalue weighted by molar-refractivity contribution is 6.31. The van der Waals surface area contributed by atoms with Crippen molar-refractivity contribution >= 4 is 17.4 Å². The second kappa shape index (κ2) is 5.72. The van der Waals surface area contributed by atoms with Gasteiger partial charge in [-0.15, -0.1) is 0 Å². The Labute approximate surface area is 112 Å². The van der Waals surface area contributed by atoms with Gasteiger partial charge in [-0.2, -0.15) is 0 Å². The van der Waals surface area contributed by atoms with E-state index < -0.39 is 0 Å². The molecule has 2 rings (SSSR count). The van der Waals surface area contributed by atoms with Gasteiger partial charge in [0.1, 0.15) is 5.75 Å². The number of carbonyl (C=O) groups is 1. The zero-order valence-electron chi connectivity index (χ0n) is 10.8. The van der Waals surface area contributed by atoms with E-state index >= 15 is 0 Å². The van der Waals surface area contributed by atoms with E-state index in [4.69, 9.17) is 16.3 Å². The molecule has 1 aliphatic rings. The smallest absolute Gasteiger partial charge is 0.183 e. The van der Waals surface area contributed by atoms with Gasteiger partial charge in [0.05, 0.1) is 18.2 Å². The molecule has 0 spiro atoms. The van der Waals surface area contributed by atoms with Crippen LogP contribution in [-0.2, 0) is 0 Å². The number of hydrogen-bond donors (Lipinski definition) is 1. The lowest BCUT2D eigenvalue weighted by Gasteiger charge is -2.15. The molecule has 1 aliphatic heterocycles. The van der Waals surface area contributed by atoms with Crippen LogP contribution in [0.1, 0.15) is 35.7 Å². The van der Waals surface area contributed by atoms with Crippen LogP contribution in [0.25, 0.3) is 0 Å². The van der Waals surface area contributed by atoms with E-state index in [1.807, 2.05) is 19.9 Å². The van der Waals surface area contributed by atoms with Crippen LogP contribution in [0.5, 0.6) is 5.75 Å². The summed E-state index contributed by atoms with van der Waals surface area (Å²) in [6.07, 6.45) is 1.93. The minimum atomic E-state index is -0.0945. The predicted molar refractivity (Wildman–Crippen MR) is 72.7 cm³/mol. The second-order valence-electron chi connectivity index (χ2n) is 4.54. The number of carbonyl (C=O) groups excluding carboxylic acids is 1. The summed E-state index contributed by atoms with van der Waals surface area (Å²) in [7, 11) is 0. The summed E-state index contributed by atoms with van der Waals surface area (Å²) in [5.74, 6) is 0.718. The Bertz CT molecular complexity index is 453. The van der Waals surface area contributed by atoms with E-state index in [-0.39, 0.29) is 11.8 Å². The number of ketones is 1. The standard InChI is InChI=1S/C14H18ClNO2/c1-3-18-13-7-9(2)11(15)8-10(13)14(17)12-5-4-6-16-12/h7-8,12,16H,3-6H2,1-2H3. The van der Waals surface area contributed by atoms with Crippen molar-refractivity contribution in [1.82, 2.24) is 5.32 Å². The first-order valence-corrected chi connectivity index (χ1v) is 6.71. The zero-order chi connectivity index (χ0) is 13.1. The van der Waals surface area contributed by atoms with Crippen molar-refractivity contribution < 1.29 is 9.53 Å². The third-order valence-electron chi connectivity index (χ3n) is 3.20. The third kappa shape index (κ3) is 2.68. The molecule has 1 fully saturated rings. The van der Waals surface area contributed by atoms with Gasteiger partial charge >= 0.3 is 0 Å². The fourth-order valence-electron chi connectivity index (χ4n) is 2.22. The average molecular weight is 268 g/mol. The summed E-state index contributed by atoms with van der Waals surface area (Å²) >= 11 is 6.11. The highest BCUT2D eigenvalue weighted by atomic mass is 35.5. The average Bonchev–Trinajstić information content (AvgIpc) is 2.86. The van der Waals surface area contributed by atoms with Crippen molar-refractivity contribution in [2.45, 2.75) is 32.7 Å². The molecule has 0 bridgehead atoms. The Balaban J connectivity index is 2.34. The van der Waals surface area contributed by atoms with Crippen molar-refractivity contribution in [3.63, 3.8) is 0 Å². The molecule has 0 saturated carbocycles. The number of aryl methyl sites for hydroxylation is 1. The van der Waals surface area contributed by atoms with Crippen molar-refractivity contribution in [2.75, 3.05) is 13.2 Å². The van der Waals surface area contributed by atoms with Gasteiger partial charge in [-0.25, -0.2) is 0 Å². The molecular weight excluding hydrogens is 250 g/mol. The minimum Gasteiger partial charge on any atom is -0.493 e. The van der Waals surface area contributed by atoms with E-state index in [1.54, 1.807) is 6.07 Å². The summed E-state index contributed by atoms with van der Waals surface area (Å²) in [4.78, 5) is 12.4. The van der Waals surface area contributed by atoms with Crippen LogP contribution in [-0.4, -0.2) is 25.0 Å². The number of nitrogens with one attached hydrogen (secondary N) is 1. The summed E-state index contributed by atoms with van der Waals surface area (Å²) in [5, 5.41) is 3.82. The molecule has 1 atom stereocenters. The molecule has 1 aromatic carbocycles. The minimum absolute atomic E-state index is 0.0813. The third-order valence-corrected chi connectivity index (χ3v) is 3.61. The molecule has 1 unspecified atom stereocenters. The van der Waals surface area contributed by atoms with E-state index in [1.165, 1.54) is 0 Å². The molecule has 18 heavy (non-hydrogen) atoms. The van der Waals surface area contributed by atoms with Crippen molar-refractivity contribution in [1.29, 1.82) is 0 Å². The lowest BCUT2D eigenvalue weighted by Crippen LogP contribution is -2.31. The number of hydrogen-bond acceptors (Lipinski definition) is 3. The number of ether oxygens (including phenoxy) is 1. The maximum absolute atomic E-state index is 12.4. The molecule has 0 amide bonds. The summed E-state index contributed by atoms with van der Waals surface area (Å²) in [5.41, 5.74) is 1.52. The first kappa shape index (κ1) is 13.4. The van der Waals surface area contributed by atoms with Crippen LogP contribution < -0.4 is 10.1 Å². The first-order valence-electron chi connectivity index (χ1n) is 6.34. The molecule has 1 N–H and O–H groups in total. The molecule has 1 aromatic rings. The Morgan fingerprint density at radius 2 is 2.33 bits per heavy atom. The van der Waals surface area contributed by atoms with Gasteiger partial charge in [0.25, 0.3) is 0 Å². The maximum atomic E-state index is 12.4. The van der Waals surface area contributed by atoms with Crippen LogP contribution in [0.3, 0.4) is 0 Å². The monoisotopic (exact) mass is 267 g/mol. The summed E-state index contributed by atoms with van der Waals surface area (Å²) < 4.78 is 5.55. The van der Waals surface area contributed by atoms with Crippen LogP contribution >= 0.6 is 11.6 Å². The van der Waals surface area contributed by atoms with Crippen molar-refractivity contribution in [2.24, 2.45) is 0 Å². The fourth-order valence-corrected chi connectivity index (χ4v) is 2.38. The zero-order valence-corrected chi connectivity index (χ0v) is 11.5. The van der Waals surface area contributed by atoms with Gasteiger partial charge in [-0.3, -0.25) is 4.79 Å². The molecule has 0 aliphatic carbocycles. The molecule has 1 saturated heterocycles. The van der Waals surface area contributed by atoms with E-state index in [0.29, 0.717) is 22.9 Å². The van der Waals surface area contributed by atoms with Gasteiger partial charge in [-0.05, 0) is 50.9 Å². The maximum Gasteiger partial charge on any atom is 0.183 e. The Hall–Kier alpha value is -1.06. The normalized spacial score (nSPS) is 18.9. The lowest BCUT2D eigenvalue weighted by atomic mass is 10.0. The van der Waals surface area contributed by atoms with Crippen molar-refractivity contribution in [3.05, 3.63) is 28.3 Å². The van der Waals surface area contributed by atoms with Gasteiger partial charge < -0.3 is 10.1 Å². The van der Waals surface area contributed by atoms with Crippen LogP contribution in [0.2, 0.25) is 5.02 Å². The van der Waals surface area contributed by atoms with Gasteiger partial charge in [-0.1, -0.05) is 11.6 Å². The number of Topliss-reactive ketones (excluding diaryl/α,β-unsaturated/α-hetero) is 1. The van der Waals surface area contributed by atoms with Crippen LogP contribution in [0.4, 0.5) is 0 Å². The largest absolute Gasteiger partial charge is 0.493 e. The predicted octanol–water partition coefficient (Wildman–Crippen LogP) is 2.98. The molecule has 4 heteroatoms. The lowest BCUT2D eigenvalue weighted by molar-refractivity contribution is 0.0948. The van der Waals surface area contributed by atoms with E-state index in [2.05, 4.69) is 5.32 Å². The van der Waals surface area contributed by atoms with E-state index in [0.717, 1.165) is 24.9 Å². The first-order chi connectivity index (χ1) is 8.63. The Kier molecular flexibility index (Phi) is 4.25. The Morgan fingerprint density at radius 3 is 2.94 bits per heavy atom. The Morgan fingerprint density at radius 1 is 1.56 bits per heavy atom. The second-order valence-corrected chi connectivity index (χ2v) is 4.95. The molecular formula is C14H18ClNO2. The highest BCUT2D eigenvalue weighted by Gasteiger charge is 2.26. The van der Waals surface area contributed by atoms with Gasteiger partial charge in [0.2, 0.25) is 0 Å². The topological polar surface area (TPSA) is 38.3 Å².